The topological polar surface area (TPSA) is 113 Å². The lowest BCUT2D eigenvalue weighted by Crippen LogP contribution is -2.47. The largest absolute Gasteiger partial charge is 0.497 e. The Kier molecular flexibility index (Phi) is 14.1. The van der Waals surface area contributed by atoms with Crippen molar-refractivity contribution in [2.24, 2.45) is 5.92 Å². The van der Waals surface area contributed by atoms with E-state index in [1.165, 1.54) is 12.1 Å². The molecule has 3 amide bonds. The average Bonchev–Trinajstić information content (AvgIpc) is 3.09. The number of methoxy groups -OCH3 is 1. The Balaban J connectivity index is 1.55. The zero-order chi connectivity index (χ0) is 37.1. The molecular weight excluding hydrogens is 665 g/mol. The van der Waals surface area contributed by atoms with Gasteiger partial charge in [-0.05, 0) is 100 Å². The van der Waals surface area contributed by atoms with Crippen LogP contribution in [-0.4, -0.2) is 85.6 Å². The highest BCUT2D eigenvalue weighted by Gasteiger charge is 2.32. The number of nitrogens with zero attached hydrogens (tertiary/aromatic N) is 2. The molecular formula is C38H49F3N4O6. The SMILES string of the molecule is COc1ccc(NC(=O)Nc2ccc3c(c2)C(=O)N([C@@H](C)CO)C[C@@H](C)[C@@H](CN(C)Cc2ccc(C(F)(F)F)cc2)OCCCC[C@H](C)O3)cc1. The molecule has 0 radical (unpaired) electrons. The first-order valence-corrected chi connectivity index (χ1v) is 17.2. The van der Waals surface area contributed by atoms with Crippen LogP contribution in [-0.2, 0) is 17.5 Å². The van der Waals surface area contributed by atoms with Crippen LogP contribution in [0, 0.1) is 5.92 Å². The fourth-order valence-corrected chi connectivity index (χ4v) is 5.91. The van der Waals surface area contributed by atoms with Gasteiger partial charge in [-0.25, -0.2) is 4.79 Å². The summed E-state index contributed by atoms with van der Waals surface area (Å²) in [5.41, 5.74) is 1.21. The van der Waals surface area contributed by atoms with Crippen molar-refractivity contribution in [1.82, 2.24) is 9.80 Å². The van der Waals surface area contributed by atoms with E-state index < -0.39 is 23.8 Å². The smallest absolute Gasteiger partial charge is 0.416 e. The molecule has 0 fully saturated rings. The standard InChI is InChI=1S/C38H49F3N4O6/c1-25-21-45(26(2)24-46)36(47)33-20-31(43-37(48)42-30-13-16-32(49-5)17-14-30)15-18-34(33)51-27(3)8-6-7-19-50-35(25)23-44(4)22-28-9-11-29(12-10-28)38(39,40)41/h9-18,20,25-27,35,46H,6-8,19,21-24H2,1-5H3,(H2,42,43,48)/t25-,26+,27+,35-/m1/s1. The minimum atomic E-state index is -4.40. The van der Waals surface area contributed by atoms with Gasteiger partial charge >= 0.3 is 12.2 Å². The summed E-state index contributed by atoms with van der Waals surface area (Å²) >= 11 is 0. The first-order valence-electron chi connectivity index (χ1n) is 17.2. The number of likely N-dealkylation sites (N-methyl/N-ethyl adjacent to an activating group) is 1. The molecule has 0 spiro atoms. The summed E-state index contributed by atoms with van der Waals surface area (Å²) in [6, 6.07) is 15.9. The summed E-state index contributed by atoms with van der Waals surface area (Å²) in [4.78, 5) is 30.9. The molecule has 1 heterocycles. The van der Waals surface area contributed by atoms with E-state index >= 15 is 0 Å². The Morgan fingerprint density at radius 2 is 1.71 bits per heavy atom. The maximum atomic E-state index is 14.4. The number of nitrogens with one attached hydrogen (secondary N) is 2. The van der Waals surface area contributed by atoms with E-state index in [4.69, 9.17) is 14.2 Å². The van der Waals surface area contributed by atoms with E-state index in [9.17, 15) is 27.9 Å². The number of aliphatic hydroxyl groups excluding tert-OH is 1. The van der Waals surface area contributed by atoms with Crippen molar-refractivity contribution in [3.63, 3.8) is 0 Å². The molecule has 0 aromatic heterocycles. The second-order valence-corrected chi connectivity index (χ2v) is 13.2. The number of benzene rings is 3. The van der Waals surface area contributed by atoms with Gasteiger partial charge in [-0.2, -0.15) is 13.2 Å². The average molecular weight is 715 g/mol. The highest BCUT2D eigenvalue weighted by molar-refractivity contribution is 6.02. The van der Waals surface area contributed by atoms with Gasteiger partial charge in [-0.1, -0.05) is 19.1 Å². The van der Waals surface area contributed by atoms with Crippen LogP contribution in [0.15, 0.2) is 66.7 Å². The molecule has 3 aromatic carbocycles. The number of amides is 3. The molecule has 0 unspecified atom stereocenters. The molecule has 3 aromatic rings. The highest BCUT2D eigenvalue weighted by atomic mass is 19.4. The summed E-state index contributed by atoms with van der Waals surface area (Å²) in [5.74, 6) is 0.455. The van der Waals surface area contributed by atoms with Crippen LogP contribution < -0.4 is 20.1 Å². The predicted molar refractivity (Wildman–Crippen MR) is 190 cm³/mol. The Labute approximate surface area is 297 Å². The van der Waals surface area contributed by atoms with Crippen LogP contribution in [0.25, 0.3) is 0 Å². The summed E-state index contributed by atoms with van der Waals surface area (Å²) < 4.78 is 57.1. The number of halogens is 3. The van der Waals surface area contributed by atoms with Crippen molar-refractivity contribution in [3.8, 4) is 11.5 Å². The number of anilines is 2. The molecule has 0 saturated carbocycles. The van der Waals surface area contributed by atoms with Gasteiger partial charge in [0, 0.05) is 43.5 Å². The van der Waals surface area contributed by atoms with E-state index in [1.54, 1.807) is 61.4 Å². The van der Waals surface area contributed by atoms with Gasteiger partial charge < -0.3 is 34.9 Å². The minimum Gasteiger partial charge on any atom is -0.497 e. The van der Waals surface area contributed by atoms with Gasteiger partial charge in [0.25, 0.3) is 5.91 Å². The van der Waals surface area contributed by atoms with Crippen LogP contribution in [0.2, 0.25) is 0 Å². The van der Waals surface area contributed by atoms with Crippen molar-refractivity contribution in [3.05, 3.63) is 83.4 Å². The summed E-state index contributed by atoms with van der Waals surface area (Å²) in [7, 11) is 3.44. The van der Waals surface area contributed by atoms with E-state index in [0.29, 0.717) is 49.0 Å². The molecule has 0 aliphatic carbocycles. The van der Waals surface area contributed by atoms with Gasteiger partial charge in [0.15, 0.2) is 0 Å². The third kappa shape index (κ3) is 11.6. The molecule has 278 valence electrons. The van der Waals surface area contributed by atoms with Crippen molar-refractivity contribution in [2.45, 2.75) is 71.0 Å². The molecule has 0 saturated heterocycles. The number of hydrogen-bond acceptors (Lipinski definition) is 7. The van der Waals surface area contributed by atoms with Gasteiger partial charge in [0.05, 0.1) is 43.1 Å². The Bertz CT molecular complexity index is 1570. The normalized spacial score (nSPS) is 19.8. The van der Waals surface area contributed by atoms with Crippen LogP contribution in [0.4, 0.5) is 29.3 Å². The molecule has 0 bridgehead atoms. The second-order valence-electron chi connectivity index (χ2n) is 13.2. The van der Waals surface area contributed by atoms with Crippen LogP contribution in [0.5, 0.6) is 11.5 Å². The van der Waals surface area contributed by atoms with Crippen LogP contribution in [0.1, 0.15) is 61.5 Å². The number of hydrogen-bond donors (Lipinski definition) is 3. The van der Waals surface area contributed by atoms with Crippen LogP contribution in [0.3, 0.4) is 0 Å². The zero-order valence-electron chi connectivity index (χ0n) is 29.8. The van der Waals surface area contributed by atoms with Crippen molar-refractivity contribution in [2.75, 3.05) is 51.1 Å². The number of urea groups is 1. The number of ether oxygens (including phenoxy) is 3. The van der Waals surface area contributed by atoms with E-state index in [1.807, 2.05) is 25.8 Å². The number of rotatable bonds is 9. The first-order chi connectivity index (χ1) is 24.3. The molecule has 1 aliphatic rings. The van der Waals surface area contributed by atoms with Gasteiger partial charge in [0.2, 0.25) is 0 Å². The lowest BCUT2D eigenvalue weighted by molar-refractivity contribution is -0.137. The number of fused-ring (bicyclic) bond motifs is 1. The zero-order valence-corrected chi connectivity index (χ0v) is 29.8. The van der Waals surface area contributed by atoms with E-state index in [0.717, 1.165) is 30.5 Å². The molecule has 51 heavy (non-hydrogen) atoms. The fourth-order valence-electron chi connectivity index (χ4n) is 5.91. The lowest BCUT2D eigenvalue weighted by Gasteiger charge is -2.36. The first kappa shape index (κ1) is 39.5. The maximum Gasteiger partial charge on any atom is 0.416 e. The molecule has 1 aliphatic heterocycles. The number of alkyl halides is 3. The van der Waals surface area contributed by atoms with Crippen molar-refractivity contribution in [1.29, 1.82) is 0 Å². The molecule has 4 atom stereocenters. The Morgan fingerprint density at radius 1 is 1.04 bits per heavy atom. The quantitative estimate of drug-likeness (QED) is 0.214. The minimum absolute atomic E-state index is 0.194. The second kappa shape index (κ2) is 18.2. The van der Waals surface area contributed by atoms with Gasteiger partial charge in [-0.3, -0.25) is 9.69 Å². The van der Waals surface area contributed by atoms with Crippen LogP contribution >= 0.6 is 0 Å². The number of aliphatic hydroxyl groups is 1. The lowest BCUT2D eigenvalue weighted by atomic mass is 10.0. The Hall–Kier alpha value is -4.33. The Morgan fingerprint density at radius 3 is 2.35 bits per heavy atom. The molecule has 3 N–H and O–H groups in total. The predicted octanol–water partition coefficient (Wildman–Crippen LogP) is 7.29. The van der Waals surface area contributed by atoms with Crippen molar-refractivity contribution >= 4 is 23.3 Å². The van der Waals surface area contributed by atoms with E-state index in [-0.39, 0.29) is 42.7 Å². The third-order valence-electron chi connectivity index (χ3n) is 8.88. The number of carbonyl (C=O) groups excluding carboxylic acids is 2. The summed E-state index contributed by atoms with van der Waals surface area (Å²) in [6.07, 6.45) is -2.61. The number of carbonyl (C=O) groups is 2. The molecule has 13 heteroatoms. The highest BCUT2D eigenvalue weighted by Crippen LogP contribution is 2.30. The maximum absolute atomic E-state index is 14.4. The summed E-state index contributed by atoms with van der Waals surface area (Å²) in [5, 5.41) is 15.8. The van der Waals surface area contributed by atoms with E-state index in [2.05, 4.69) is 10.6 Å². The monoisotopic (exact) mass is 714 g/mol. The fraction of sp³-hybridized carbons (Fsp3) is 0.474. The van der Waals surface area contributed by atoms with Crippen molar-refractivity contribution < 1.29 is 42.1 Å². The summed E-state index contributed by atoms with van der Waals surface area (Å²) in [6.45, 7) is 6.99. The molecule has 4 rings (SSSR count). The molecule has 10 nitrogen and oxygen atoms in total. The van der Waals surface area contributed by atoms with Gasteiger partial charge in [0.1, 0.15) is 11.5 Å². The van der Waals surface area contributed by atoms with Gasteiger partial charge in [-0.15, -0.1) is 0 Å². The third-order valence-corrected chi connectivity index (χ3v) is 8.88.